The quantitative estimate of drug-likeness (QED) is 0.628. The van der Waals surface area contributed by atoms with Crippen molar-refractivity contribution in [3.63, 3.8) is 0 Å². The zero-order chi connectivity index (χ0) is 10.4. The molecule has 78 valence electrons. The van der Waals surface area contributed by atoms with E-state index in [-0.39, 0.29) is 0 Å². The van der Waals surface area contributed by atoms with E-state index in [1.165, 1.54) is 0 Å². The van der Waals surface area contributed by atoms with Crippen molar-refractivity contribution in [3.8, 4) is 0 Å². The Balaban J connectivity index is 3.22. The Morgan fingerprint density at radius 2 is 1.69 bits per heavy atom. The predicted octanol–water partition coefficient (Wildman–Crippen LogP) is 1.23. The molecule has 0 bridgehead atoms. The van der Waals surface area contributed by atoms with Crippen molar-refractivity contribution >= 4 is 9.84 Å². The highest BCUT2D eigenvalue weighted by Crippen LogP contribution is 2.46. The number of hydrogen-bond donors (Lipinski definition) is 0. The minimum absolute atomic E-state index is 1.91. The van der Waals surface area contributed by atoms with E-state index < -0.39 is 39.4 Å². The molecule has 1 heterocycles. The number of rotatable bonds is 1. The van der Waals surface area contributed by atoms with E-state index in [1.54, 1.807) is 0 Å². The molecule has 0 aromatic rings. The van der Waals surface area contributed by atoms with Crippen LogP contribution < -0.4 is 0 Å². The van der Waals surface area contributed by atoms with Crippen molar-refractivity contribution in [2.45, 2.75) is 16.9 Å². The first-order valence-corrected chi connectivity index (χ1v) is 4.76. The molecule has 1 fully saturated rings. The first kappa shape index (κ1) is 10.7. The molecule has 2 nitrogen and oxygen atoms in total. The average Bonchev–Trinajstić information content (AvgIpc) is 2.12. The van der Waals surface area contributed by atoms with Gasteiger partial charge in [-0.25, -0.2) is 17.2 Å². The van der Waals surface area contributed by atoms with Gasteiger partial charge in [-0.2, -0.15) is 8.78 Å². The first-order valence-electron chi connectivity index (χ1n) is 3.22. The summed E-state index contributed by atoms with van der Waals surface area (Å²) in [6.07, 6.45) is -3.00. The normalized spacial score (nSPS) is 42.1. The lowest BCUT2D eigenvalue weighted by molar-refractivity contribution is -0.00905. The maximum Gasteiger partial charge on any atom is 0.356 e. The molecule has 0 spiro atoms. The van der Waals surface area contributed by atoms with Crippen LogP contribution in [0.1, 0.15) is 0 Å². The molecule has 1 aliphatic heterocycles. The first-order chi connectivity index (χ1) is 5.76. The van der Waals surface area contributed by atoms with Crippen LogP contribution in [0, 0.1) is 5.92 Å². The second-order valence-electron chi connectivity index (χ2n) is 2.66. The van der Waals surface area contributed by atoms with Crippen LogP contribution in [0.5, 0.6) is 0 Å². The summed E-state index contributed by atoms with van der Waals surface area (Å²) in [6.45, 7) is -1.91. The van der Waals surface area contributed by atoms with Crippen molar-refractivity contribution in [2.24, 2.45) is 5.92 Å². The smallest absolute Gasteiger partial charge is 0.250 e. The Hall–Kier alpha value is -0.400. The Morgan fingerprint density at radius 1 is 1.23 bits per heavy atom. The molecule has 0 aliphatic carbocycles. The van der Waals surface area contributed by atoms with Crippen molar-refractivity contribution in [1.82, 2.24) is 0 Å². The third kappa shape index (κ3) is 1.14. The van der Waals surface area contributed by atoms with Crippen LogP contribution in [-0.4, -0.2) is 32.0 Å². The molecule has 3 atom stereocenters. The summed E-state index contributed by atoms with van der Waals surface area (Å²) in [5.74, 6) is -2.73. The molecule has 1 saturated heterocycles. The van der Waals surface area contributed by atoms with Gasteiger partial charge in [0.2, 0.25) is 5.50 Å². The number of alkyl halides is 5. The Bertz CT molecular complexity index is 300. The van der Waals surface area contributed by atoms with Gasteiger partial charge in [-0.15, -0.1) is 0 Å². The lowest BCUT2D eigenvalue weighted by Crippen LogP contribution is -2.33. The van der Waals surface area contributed by atoms with Crippen LogP contribution in [0.25, 0.3) is 0 Å². The van der Waals surface area contributed by atoms with Gasteiger partial charge in [0.15, 0.2) is 6.17 Å². The Labute approximate surface area is 70.6 Å². The summed E-state index contributed by atoms with van der Waals surface area (Å²) < 4.78 is 82.8. The topological polar surface area (TPSA) is 34.1 Å². The van der Waals surface area contributed by atoms with Gasteiger partial charge >= 0.3 is 5.25 Å². The van der Waals surface area contributed by atoms with Crippen LogP contribution in [0.4, 0.5) is 22.0 Å². The highest BCUT2D eigenvalue weighted by Gasteiger charge is 2.69. The Kier molecular flexibility index (Phi) is 2.29. The molecule has 0 radical (unpaired) electrons. The molecule has 0 amide bonds. The molecule has 1 aliphatic rings. The molecule has 1 rings (SSSR count). The molecule has 0 saturated carbocycles. The van der Waals surface area contributed by atoms with Gasteiger partial charge < -0.3 is 0 Å². The minimum Gasteiger partial charge on any atom is -0.250 e. The van der Waals surface area contributed by atoms with Crippen LogP contribution in [0.15, 0.2) is 0 Å². The van der Waals surface area contributed by atoms with Crippen LogP contribution in [0.2, 0.25) is 0 Å². The minimum atomic E-state index is -5.53. The van der Waals surface area contributed by atoms with Crippen LogP contribution >= 0.6 is 0 Å². The molecule has 3 unspecified atom stereocenters. The lowest BCUT2D eigenvalue weighted by atomic mass is 10.1. The van der Waals surface area contributed by atoms with Gasteiger partial charge in [0, 0.05) is 0 Å². The second-order valence-corrected chi connectivity index (χ2v) is 4.75. The van der Waals surface area contributed by atoms with E-state index in [0.717, 1.165) is 0 Å². The van der Waals surface area contributed by atoms with Gasteiger partial charge in [0.05, 0.1) is 0 Å². The van der Waals surface area contributed by atoms with Crippen molar-refractivity contribution < 1.29 is 30.4 Å². The molecule has 0 N–H and O–H groups in total. The summed E-state index contributed by atoms with van der Waals surface area (Å²) in [5, 5.41) is -4.65. The van der Waals surface area contributed by atoms with Gasteiger partial charge in [-0.1, -0.05) is 0 Å². The fraction of sp³-hybridized carbons (Fsp3) is 1.00. The molecule has 13 heavy (non-hydrogen) atoms. The summed E-state index contributed by atoms with van der Waals surface area (Å²) in [4.78, 5) is 0. The van der Waals surface area contributed by atoms with Gasteiger partial charge in [-0.3, -0.25) is 4.39 Å². The van der Waals surface area contributed by atoms with Crippen LogP contribution in [0.3, 0.4) is 0 Å². The van der Waals surface area contributed by atoms with E-state index in [9.17, 15) is 30.4 Å². The largest absolute Gasteiger partial charge is 0.356 e. The second kappa shape index (κ2) is 2.79. The third-order valence-electron chi connectivity index (χ3n) is 1.91. The van der Waals surface area contributed by atoms with E-state index in [2.05, 4.69) is 0 Å². The van der Waals surface area contributed by atoms with Gasteiger partial charge in [-0.05, 0) is 0 Å². The van der Waals surface area contributed by atoms with Crippen molar-refractivity contribution in [3.05, 3.63) is 0 Å². The molecule has 8 heteroatoms. The zero-order valence-corrected chi connectivity index (χ0v) is 6.87. The SMILES string of the molecule is O=S1(=O)C(F)C(F)C(CF)C1(F)F. The summed E-state index contributed by atoms with van der Waals surface area (Å²) >= 11 is 0. The fourth-order valence-corrected chi connectivity index (χ4v) is 2.52. The monoisotopic (exact) mass is 224 g/mol. The van der Waals surface area contributed by atoms with Crippen molar-refractivity contribution in [2.75, 3.05) is 6.67 Å². The maximum atomic E-state index is 12.6. The summed E-state index contributed by atoms with van der Waals surface area (Å²) in [6, 6.07) is 0. The number of hydrogen-bond acceptors (Lipinski definition) is 2. The fourth-order valence-electron chi connectivity index (χ4n) is 1.08. The van der Waals surface area contributed by atoms with Crippen molar-refractivity contribution in [1.29, 1.82) is 0 Å². The van der Waals surface area contributed by atoms with E-state index >= 15 is 0 Å². The highest BCUT2D eigenvalue weighted by molar-refractivity contribution is 7.93. The Morgan fingerprint density at radius 3 is 1.85 bits per heavy atom. The number of sulfone groups is 1. The molecule has 0 aromatic carbocycles. The molecule has 0 aromatic heterocycles. The highest BCUT2D eigenvalue weighted by atomic mass is 32.2. The average molecular weight is 224 g/mol. The molecular weight excluding hydrogens is 219 g/mol. The zero-order valence-electron chi connectivity index (χ0n) is 6.05. The summed E-state index contributed by atoms with van der Waals surface area (Å²) in [7, 11) is -5.53. The maximum absolute atomic E-state index is 12.6. The standard InChI is InChI=1S/C5H5F5O2S/c6-1-2-3(7)4(8)13(11,12)5(2,9)10/h2-4H,1H2. The number of halogens is 5. The van der Waals surface area contributed by atoms with Crippen LogP contribution in [-0.2, 0) is 9.84 Å². The lowest BCUT2D eigenvalue weighted by Gasteiger charge is -2.13. The third-order valence-corrected chi connectivity index (χ3v) is 3.82. The summed E-state index contributed by atoms with van der Waals surface area (Å²) in [5.41, 5.74) is -3.33. The molecular formula is C5H5F5O2S. The van der Waals surface area contributed by atoms with E-state index in [1.807, 2.05) is 0 Å². The van der Waals surface area contributed by atoms with Gasteiger partial charge in [0.25, 0.3) is 9.84 Å². The predicted molar refractivity (Wildman–Crippen MR) is 33.1 cm³/mol. The van der Waals surface area contributed by atoms with E-state index in [0.29, 0.717) is 0 Å². The van der Waals surface area contributed by atoms with E-state index in [4.69, 9.17) is 0 Å². The van der Waals surface area contributed by atoms with Gasteiger partial charge in [0.1, 0.15) is 12.6 Å².